The summed E-state index contributed by atoms with van der Waals surface area (Å²) in [5, 5.41) is 10.9. The molecule has 0 unspecified atom stereocenters. The van der Waals surface area contributed by atoms with E-state index in [-0.39, 0.29) is 5.69 Å². The Morgan fingerprint density at radius 3 is 2.52 bits per heavy atom. The molecular weight excluding hydrogens is 309 g/mol. The fourth-order valence-corrected chi connectivity index (χ4v) is 1.79. The predicted octanol–water partition coefficient (Wildman–Crippen LogP) is 3.73. The lowest BCUT2D eigenvalue weighted by molar-refractivity contribution is -0.136. The minimum Gasteiger partial charge on any atom is -0.306 e. The summed E-state index contributed by atoms with van der Waals surface area (Å²) in [7, 11) is 0. The Morgan fingerprint density at radius 1 is 1.09 bits per heavy atom. The molecule has 0 spiro atoms. The zero-order valence-electron chi connectivity index (χ0n) is 11.6. The van der Waals surface area contributed by atoms with Gasteiger partial charge in [-0.3, -0.25) is 10.9 Å². The number of nitriles is 1. The minimum absolute atomic E-state index is 0.356. The highest BCUT2D eigenvalue weighted by Gasteiger charge is 2.33. The van der Waals surface area contributed by atoms with Crippen LogP contribution in [0.25, 0.3) is 0 Å². The molecule has 0 aliphatic rings. The van der Waals surface area contributed by atoms with Crippen LogP contribution in [0.1, 0.15) is 11.1 Å². The van der Waals surface area contributed by atoms with Crippen LogP contribution in [0.3, 0.4) is 0 Å². The molecule has 8 heteroatoms. The summed E-state index contributed by atoms with van der Waals surface area (Å²) in [4.78, 5) is 11.7. The summed E-state index contributed by atoms with van der Waals surface area (Å²) >= 11 is 0. The number of halogens is 3. The third kappa shape index (κ3) is 4.38. The van der Waals surface area contributed by atoms with E-state index in [9.17, 15) is 18.0 Å². The number of hydrazine groups is 1. The van der Waals surface area contributed by atoms with Crippen LogP contribution in [-0.2, 0) is 6.18 Å². The number of carbonyl (C=O) groups excluding carboxylic acids is 1. The van der Waals surface area contributed by atoms with E-state index in [4.69, 9.17) is 5.26 Å². The molecule has 118 valence electrons. The molecule has 23 heavy (non-hydrogen) atoms. The number of amides is 2. The van der Waals surface area contributed by atoms with Gasteiger partial charge in [0.15, 0.2) is 0 Å². The van der Waals surface area contributed by atoms with E-state index in [2.05, 4.69) is 16.2 Å². The smallest absolute Gasteiger partial charge is 0.306 e. The van der Waals surface area contributed by atoms with Crippen molar-refractivity contribution in [3.05, 3.63) is 59.7 Å². The number of nitrogens with zero attached hydrogens (tertiary/aromatic N) is 1. The lowest BCUT2D eigenvalue weighted by atomic mass is 10.1. The second-order valence-corrected chi connectivity index (χ2v) is 4.44. The molecule has 0 saturated carbocycles. The van der Waals surface area contributed by atoms with Crippen LogP contribution in [0.5, 0.6) is 0 Å². The van der Waals surface area contributed by atoms with Gasteiger partial charge in [-0.1, -0.05) is 18.2 Å². The van der Waals surface area contributed by atoms with Gasteiger partial charge in [-0.15, -0.1) is 0 Å². The van der Waals surface area contributed by atoms with Crippen LogP contribution in [0.4, 0.5) is 29.3 Å². The molecule has 0 bridgehead atoms. The SMILES string of the molecule is N#Cc1cccc(NNC(=O)Nc2ccccc2C(F)(F)F)c1. The zero-order valence-corrected chi connectivity index (χ0v) is 11.6. The van der Waals surface area contributed by atoms with Crippen LogP contribution in [0, 0.1) is 11.3 Å². The van der Waals surface area contributed by atoms with Crippen LogP contribution in [0.15, 0.2) is 48.5 Å². The molecule has 0 atom stereocenters. The van der Waals surface area contributed by atoms with Crippen LogP contribution >= 0.6 is 0 Å². The van der Waals surface area contributed by atoms with Gasteiger partial charge in [0.05, 0.1) is 28.6 Å². The fraction of sp³-hybridized carbons (Fsp3) is 0.0667. The Kier molecular flexibility index (Phi) is 4.71. The van der Waals surface area contributed by atoms with Crippen LogP contribution in [0.2, 0.25) is 0 Å². The summed E-state index contributed by atoms with van der Waals surface area (Å²) in [6, 6.07) is 11.9. The van der Waals surface area contributed by atoms with Gasteiger partial charge in [0, 0.05) is 0 Å². The lowest BCUT2D eigenvalue weighted by Crippen LogP contribution is -2.34. The quantitative estimate of drug-likeness (QED) is 0.754. The van der Waals surface area contributed by atoms with Gasteiger partial charge in [0.2, 0.25) is 0 Å². The third-order valence-electron chi connectivity index (χ3n) is 2.79. The van der Waals surface area contributed by atoms with Crippen molar-refractivity contribution in [3.8, 4) is 6.07 Å². The summed E-state index contributed by atoms with van der Waals surface area (Å²) in [6.45, 7) is 0. The second-order valence-electron chi connectivity index (χ2n) is 4.44. The molecule has 0 radical (unpaired) electrons. The highest BCUT2D eigenvalue weighted by molar-refractivity contribution is 5.90. The Hall–Kier alpha value is -3.21. The number of hydrogen-bond donors (Lipinski definition) is 3. The number of nitrogens with one attached hydrogen (secondary N) is 3. The van der Waals surface area contributed by atoms with Crippen molar-refractivity contribution in [3.63, 3.8) is 0 Å². The summed E-state index contributed by atoms with van der Waals surface area (Å²) < 4.78 is 38.4. The van der Waals surface area contributed by atoms with E-state index in [1.807, 2.05) is 6.07 Å². The maximum absolute atomic E-state index is 12.8. The monoisotopic (exact) mass is 320 g/mol. The van der Waals surface area contributed by atoms with Gasteiger partial charge in [-0.2, -0.15) is 18.4 Å². The van der Waals surface area contributed by atoms with E-state index in [1.165, 1.54) is 18.2 Å². The van der Waals surface area contributed by atoms with Crippen molar-refractivity contribution in [1.29, 1.82) is 5.26 Å². The van der Waals surface area contributed by atoms with Crippen LogP contribution in [-0.4, -0.2) is 6.03 Å². The highest BCUT2D eigenvalue weighted by Crippen LogP contribution is 2.34. The Labute approximate surface area is 129 Å². The van der Waals surface area contributed by atoms with E-state index < -0.39 is 17.8 Å². The Morgan fingerprint density at radius 2 is 1.83 bits per heavy atom. The summed E-state index contributed by atoms with van der Waals surface area (Å²) in [5.74, 6) is 0. The first-order chi connectivity index (χ1) is 10.9. The Balaban J connectivity index is 2.02. The van der Waals surface area contributed by atoms with Crippen molar-refractivity contribution in [2.75, 3.05) is 10.7 Å². The maximum Gasteiger partial charge on any atom is 0.418 e. The molecule has 3 N–H and O–H groups in total. The van der Waals surface area contributed by atoms with Gasteiger partial charge in [0.1, 0.15) is 0 Å². The fourth-order valence-electron chi connectivity index (χ4n) is 1.79. The van der Waals surface area contributed by atoms with Crippen molar-refractivity contribution >= 4 is 17.4 Å². The number of alkyl halides is 3. The molecule has 0 saturated heterocycles. The molecule has 0 fully saturated rings. The first-order valence-corrected chi connectivity index (χ1v) is 6.39. The van der Waals surface area contributed by atoms with Gasteiger partial charge in [-0.25, -0.2) is 4.79 Å². The molecule has 0 aliphatic heterocycles. The molecule has 2 aromatic carbocycles. The number of urea groups is 1. The number of anilines is 2. The zero-order chi connectivity index (χ0) is 16.9. The van der Waals surface area contributed by atoms with Gasteiger partial charge < -0.3 is 5.32 Å². The molecule has 5 nitrogen and oxygen atoms in total. The lowest BCUT2D eigenvalue weighted by Gasteiger charge is -2.14. The molecule has 0 heterocycles. The average Bonchev–Trinajstić information content (AvgIpc) is 2.52. The van der Waals surface area contributed by atoms with E-state index >= 15 is 0 Å². The van der Waals surface area contributed by atoms with E-state index in [0.717, 1.165) is 12.1 Å². The molecule has 0 aromatic heterocycles. The molecule has 2 rings (SSSR count). The molecule has 2 aromatic rings. The number of para-hydroxylation sites is 1. The van der Waals surface area contributed by atoms with Crippen molar-refractivity contribution in [1.82, 2.24) is 5.43 Å². The molecule has 2 amide bonds. The first-order valence-electron chi connectivity index (χ1n) is 6.39. The number of hydrogen-bond acceptors (Lipinski definition) is 3. The van der Waals surface area contributed by atoms with E-state index in [0.29, 0.717) is 11.3 Å². The largest absolute Gasteiger partial charge is 0.418 e. The molecule has 0 aliphatic carbocycles. The Bertz CT molecular complexity index is 753. The number of carbonyl (C=O) groups is 1. The summed E-state index contributed by atoms with van der Waals surface area (Å²) in [5.41, 5.74) is 4.20. The first kappa shape index (κ1) is 16.2. The predicted molar refractivity (Wildman–Crippen MR) is 78.4 cm³/mol. The van der Waals surface area contributed by atoms with Crippen molar-refractivity contribution < 1.29 is 18.0 Å². The second kappa shape index (κ2) is 6.70. The van der Waals surface area contributed by atoms with Crippen LogP contribution < -0.4 is 16.2 Å². The molecular formula is C15H11F3N4O. The standard InChI is InChI=1S/C15H11F3N4O/c16-15(17,18)12-6-1-2-7-13(12)20-14(23)22-21-11-5-3-4-10(8-11)9-19/h1-8,21H,(H2,20,22,23). The van der Waals surface area contributed by atoms with Gasteiger partial charge >= 0.3 is 12.2 Å². The van der Waals surface area contributed by atoms with Gasteiger partial charge in [0.25, 0.3) is 0 Å². The van der Waals surface area contributed by atoms with E-state index in [1.54, 1.807) is 18.2 Å². The summed E-state index contributed by atoms with van der Waals surface area (Å²) in [6.07, 6.45) is -4.57. The van der Waals surface area contributed by atoms with Gasteiger partial charge in [-0.05, 0) is 30.3 Å². The maximum atomic E-state index is 12.8. The van der Waals surface area contributed by atoms with Crippen molar-refractivity contribution in [2.45, 2.75) is 6.18 Å². The topological polar surface area (TPSA) is 77.0 Å². The van der Waals surface area contributed by atoms with Crippen molar-refractivity contribution in [2.24, 2.45) is 0 Å². The minimum atomic E-state index is -4.57. The normalized spacial score (nSPS) is 10.5. The third-order valence-corrected chi connectivity index (χ3v) is 2.79. The highest BCUT2D eigenvalue weighted by atomic mass is 19.4. The number of benzene rings is 2. The number of rotatable bonds is 3. The average molecular weight is 320 g/mol.